The van der Waals surface area contributed by atoms with E-state index in [0.29, 0.717) is 25.3 Å². The molecule has 0 aliphatic heterocycles. The summed E-state index contributed by atoms with van der Waals surface area (Å²) < 4.78 is 55.3. The largest absolute Gasteiger partial charge is 0.441 e. The zero-order valence-corrected chi connectivity index (χ0v) is 12.6. The molecule has 0 radical (unpaired) electrons. The quantitative estimate of drug-likeness (QED) is 0.551. The molecule has 1 aromatic carbocycles. The van der Waals surface area contributed by atoms with Gasteiger partial charge in [0, 0.05) is 31.9 Å². The Morgan fingerprint density at radius 3 is 2.62 bits per heavy atom. The highest BCUT2D eigenvalue weighted by Gasteiger charge is 2.28. The lowest BCUT2D eigenvalue weighted by molar-refractivity contribution is -0.0328. The maximum atomic E-state index is 13.8. The molecule has 0 fully saturated rings. The van der Waals surface area contributed by atoms with Crippen molar-refractivity contribution in [3.8, 4) is 0 Å². The predicted octanol–water partition coefficient (Wildman–Crippen LogP) is 3.79. The van der Waals surface area contributed by atoms with E-state index in [1.165, 1.54) is 6.07 Å². The molecule has 1 N–H and O–H groups in total. The number of hydrogen-bond donors (Lipinski definition) is 1. The lowest BCUT2D eigenvalue weighted by atomic mass is 9.96. The van der Waals surface area contributed by atoms with Crippen molar-refractivity contribution in [2.75, 3.05) is 32.6 Å². The Bertz CT molecular complexity index is 414. The third kappa shape index (κ3) is 7.68. The van der Waals surface area contributed by atoms with Crippen LogP contribution >= 0.6 is 11.8 Å². The molecular weight excluding hydrogens is 306 g/mol. The fourth-order valence-electron chi connectivity index (χ4n) is 1.94. The molecule has 0 saturated carbocycles. The number of halogens is 4. The van der Waals surface area contributed by atoms with E-state index in [-0.39, 0.29) is 35.7 Å². The number of ether oxygens (including phenoxy) is 1. The first-order chi connectivity index (χ1) is 9.94. The van der Waals surface area contributed by atoms with Gasteiger partial charge in [-0.2, -0.15) is 13.2 Å². The number of methoxy groups -OCH3 is 1. The minimum atomic E-state index is -4.25. The van der Waals surface area contributed by atoms with Gasteiger partial charge in [0.1, 0.15) is 5.82 Å². The van der Waals surface area contributed by atoms with Gasteiger partial charge in [0.15, 0.2) is 0 Å². The van der Waals surface area contributed by atoms with E-state index < -0.39 is 5.51 Å². The van der Waals surface area contributed by atoms with Crippen molar-refractivity contribution in [2.45, 2.75) is 17.8 Å². The molecule has 1 atom stereocenters. The summed E-state index contributed by atoms with van der Waals surface area (Å²) in [7, 11) is 1.57. The van der Waals surface area contributed by atoms with Gasteiger partial charge in [0.25, 0.3) is 0 Å². The monoisotopic (exact) mass is 325 g/mol. The number of alkyl halides is 3. The minimum Gasteiger partial charge on any atom is -0.383 e. The fraction of sp³-hybridized carbons (Fsp3) is 0.571. The van der Waals surface area contributed by atoms with Crippen LogP contribution in [0.2, 0.25) is 0 Å². The van der Waals surface area contributed by atoms with Gasteiger partial charge in [0.2, 0.25) is 0 Å². The molecule has 0 spiro atoms. The average molecular weight is 325 g/mol. The Hall–Kier alpha value is -0.790. The number of hydrogen-bond acceptors (Lipinski definition) is 3. The number of thioether (sulfide) groups is 1. The van der Waals surface area contributed by atoms with Crippen molar-refractivity contribution < 1.29 is 22.3 Å². The summed E-state index contributed by atoms with van der Waals surface area (Å²) in [6.45, 7) is 1.50. The Kier molecular flexibility index (Phi) is 8.06. The fourth-order valence-corrected chi connectivity index (χ4v) is 2.57. The van der Waals surface area contributed by atoms with Crippen LogP contribution in [0.3, 0.4) is 0 Å². The Labute approximate surface area is 126 Å². The second-order valence-corrected chi connectivity index (χ2v) is 5.66. The van der Waals surface area contributed by atoms with Crippen molar-refractivity contribution in [1.82, 2.24) is 5.32 Å². The molecule has 0 amide bonds. The molecule has 0 aliphatic carbocycles. The number of benzene rings is 1. The van der Waals surface area contributed by atoms with Crippen LogP contribution in [0.4, 0.5) is 17.6 Å². The maximum absolute atomic E-state index is 13.8. The van der Waals surface area contributed by atoms with Gasteiger partial charge in [-0.05, 0) is 18.1 Å². The van der Waals surface area contributed by atoms with E-state index in [2.05, 4.69) is 5.32 Å². The smallest absolute Gasteiger partial charge is 0.383 e. The molecule has 0 saturated heterocycles. The highest BCUT2D eigenvalue weighted by Crippen LogP contribution is 2.33. The Morgan fingerprint density at radius 2 is 2.00 bits per heavy atom. The molecule has 1 rings (SSSR count). The van der Waals surface area contributed by atoms with Crippen LogP contribution in [0.15, 0.2) is 24.3 Å². The van der Waals surface area contributed by atoms with Gasteiger partial charge in [-0.3, -0.25) is 0 Å². The van der Waals surface area contributed by atoms with Gasteiger partial charge in [-0.1, -0.05) is 30.0 Å². The van der Waals surface area contributed by atoms with Crippen LogP contribution in [0.25, 0.3) is 0 Å². The molecule has 7 heteroatoms. The summed E-state index contributed by atoms with van der Waals surface area (Å²) in [5.74, 6) is -0.764. The first-order valence-electron chi connectivity index (χ1n) is 6.59. The zero-order valence-electron chi connectivity index (χ0n) is 11.8. The molecule has 21 heavy (non-hydrogen) atoms. The molecule has 0 aromatic heterocycles. The highest BCUT2D eigenvalue weighted by molar-refractivity contribution is 8.00. The predicted molar refractivity (Wildman–Crippen MR) is 77.0 cm³/mol. The summed E-state index contributed by atoms with van der Waals surface area (Å²) in [4.78, 5) is 0. The van der Waals surface area contributed by atoms with Crippen LogP contribution < -0.4 is 5.32 Å². The summed E-state index contributed by atoms with van der Waals surface area (Å²) in [5.41, 5.74) is -3.80. The lowest BCUT2D eigenvalue weighted by Gasteiger charge is -2.19. The highest BCUT2D eigenvalue weighted by atomic mass is 32.2. The SMILES string of the molecule is COCCNCC(CCSC(F)(F)F)c1ccccc1F. The summed E-state index contributed by atoms with van der Waals surface area (Å²) >= 11 is -0.0688. The molecular formula is C14H19F4NOS. The van der Waals surface area contributed by atoms with Crippen LogP contribution in [0.1, 0.15) is 17.9 Å². The molecule has 0 aliphatic rings. The Balaban J connectivity index is 2.59. The van der Waals surface area contributed by atoms with Gasteiger partial charge in [-0.25, -0.2) is 4.39 Å². The summed E-state index contributed by atoms with van der Waals surface area (Å²) in [6.07, 6.45) is 0.255. The van der Waals surface area contributed by atoms with Crippen molar-refractivity contribution in [1.29, 1.82) is 0 Å². The van der Waals surface area contributed by atoms with E-state index in [9.17, 15) is 17.6 Å². The number of rotatable bonds is 9. The average Bonchev–Trinajstić information content (AvgIpc) is 2.41. The summed E-state index contributed by atoms with van der Waals surface area (Å²) in [5, 5.41) is 3.08. The summed E-state index contributed by atoms with van der Waals surface area (Å²) in [6, 6.07) is 6.21. The van der Waals surface area contributed by atoms with Crippen molar-refractivity contribution in [3.05, 3.63) is 35.6 Å². The molecule has 0 heterocycles. The maximum Gasteiger partial charge on any atom is 0.441 e. The lowest BCUT2D eigenvalue weighted by Crippen LogP contribution is -2.26. The molecule has 1 aromatic rings. The first kappa shape index (κ1) is 18.3. The van der Waals surface area contributed by atoms with Gasteiger partial charge in [0.05, 0.1) is 6.61 Å². The van der Waals surface area contributed by atoms with Crippen LogP contribution in [0, 0.1) is 5.82 Å². The van der Waals surface area contributed by atoms with Crippen molar-refractivity contribution in [3.63, 3.8) is 0 Å². The third-order valence-corrected chi connectivity index (χ3v) is 3.72. The molecule has 2 nitrogen and oxygen atoms in total. The minimum absolute atomic E-state index is 0.0688. The van der Waals surface area contributed by atoms with E-state index in [1.807, 2.05) is 0 Å². The van der Waals surface area contributed by atoms with Gasteiger partial charge >= 0.3 is 5.51 Å². The standard InChI is InChI=1S/C14H19F4NOS/c1-20-8-7-19-10-11(6-9-21-14(16,17)18)12-4-2-3-5-13(12)15/h2-5,11,19H,6-10H2,1H3. The van der Waals surface area contributed by atoms with E-state index in [1.54, 1.807) is 25.3 Å². The van der Waals surface area contributed by atoms with E-state index >= 15 is 0 Å². The van der Waals surface area contributed by atoms with Gasteiger partial charge < -0.3 is 10.1 Å². The second-order valence-electron chi connectivity index (χ2n) is 4.50. The number of nitrogens with one attached hydrogen (secondary N) is 1. The molecule has 0 bridgehead atoms. The van der Waals surface area contributed by atoms with Gasteiger partial charge in [-0.15, -0.1) is 0 Å². The van der Waals surface area contributed by atoms with E-state index in [0.717, 1.165) is 0 Å². The van der Waals surface area contributed by atoms with Crippen LogP contribution in [-0.2, 0) is 4.74 Å². The molecule has 1 unspecified atom stereocenters. The Morgan fingerprint density at radius 1 is 1.29 bits per heavy atom. The van der Waals surface area contributed by atoms with E-state index in [4.69, 9.17) is 4.74 Å². The first-order valence-corrected chi connectivity index (χ1v) is 7.57. The topological polar surface area (TPSA) is 21.3 Å². The van der Waals surface area contributed by atoms with Crippen molar-refractivity contribution >= 4 is 11.8 Å². The van der Waals surface area contributed by atoms with Crippen LogP contribution in [-0.4, -0.2) is 38.1 Å². The normalized spacial score (nSPS) is 13.4. The van der Waals surface area contributed by atoms with Crippen molar-refractivity contribution in [2.24, 2.45) is 0 Å². The van der Waals surface area contributed by atoms with Crippen LogP contribution in [0.5, 0.6) is 0 Å². The third-order valence-electron chi connectivity index (χ3n) is 2.95. The molecule has 120 valence electrons. The second kappa shape index (κ2) is 9.27. The zero-order chi connectivity index (χ0) is 15.7.